The number of rotatable bonds is 1. The Labute approximate surface area is 72.9 Å². The molecule has 1 N–H and O–H groups in total. The van der Waals surface area contributed by atoms with Gasteiger partial charge in [-0.25, -0.2) is 4.79 Å². The molecular weight excluding hydrogens is 184 g/mol. The van der Waals surface area contributed by atoms with Crippen molar-refractivity contribution in [2.45, 2.75) is 0 Å². The van der Waals surface area contributed by atoms with Gasteiger partial charge in [0, 0.05) is 6.07 Å². The SMILES string of the molecule is COC(=O)c1cc(O)nnc1Cl. The molecule has 0 aliphatic rings. The van der Waals surface area contributed by atoms with Crippen molar-refractivity contribution in [3.8, 4) is 5.88 Å². The lowest BCUT2D eigenvalue weighted by Gasteiger charge is -1.99. The van der Waals surface area contributed by atoms with Gasteiger partial charge in [0.05, 0.1) is 7.11 Å². The topological polar surface area (TPSA) is 72.3 Å². The number of hydrogen-bond acceptors (Lipinski definition) is 5. The third-order valence-electron chi connectivity index (χ3n) is 1.14. The molecule has 0 saturated carbocycles. The number of aromatic hydroxyl groups is 1. The van der Waals surface area contributed by atoms with Gasteiger partial charge in [-0.1, -0.05) is 11.6 Å². The monoisotopic (exact) mass is 188 g/mol. The van der Waals surface area contributed by atoms with Gasteiger partial charge in [0.15, 0.2) is 5.15 Å². The number of esters is 1. The van der Waals surface area contributed by atoms with Gasteiger partial charge in [-0.15, -0.1) is 10.2 Å². The second-order valence-electron chi connectivity index (χ2n) is 1.90. The van der Waals surface area contributed by atoms with Crippen LogP contribution in [-0.2, 0) is 4.74 Å². The van der Waals surface area contributed by atoms with E-state index < -0.39 is 5.97 Å². The van der Waals surface area contributed by atoms with Crippen LogP contribution in [0, 0.1) is 0 Å². The fourth-order valence-electron chi connectivity index (χ4n) is 0.620. The zero-order chi connectivity index (χ0) is 9.14. The minimum atomic E-state index is -0.662. The van der Waals surface area contributed by atoms with E-state index in [9.17, 15) is 4.79 Å². The minimum Gasteiger partial charge on any atom is -0.492 e. The highest BCUT2D eigenvalue weighted by Gasteiger charge is 2.12. The van der Waals surface area contributed by atoms with E-state index in [0.717, 1.165) is 6.07 Å². The molecule has 0 radical (unpaired) electrons. The van der Waals surface area contributed by atoms with Crippen LogP contribution in [0.3, 0.4) is 0 Å². The second kappa shape index (κ2) is 3.36. The summed E-state index contributed by atoms with van der Waals surface area (Å²) in [5.41, 5.74) is -0.00772. The van der Waals surface area contributed by atoms with Crippen LogP contribution in [0.1, 0.15) is 10.4 Å². The third-order valence-corrected chi connectivity index (χ3v) is 1.42. The number of aromatic nitrogens is 2. The average molecular weight is 189 g/mol. The molecule has 0 aromatic carbocycles. The van der Waals surface area contributed by atoms with E-state index in [1.165, 1.54) is 7.11 Å². The molecule has 1 rings (SSSR count). The van der Waals surface area contributed by atoms with E-state index in [-0.39, 0.29) is 16.6 Å². The van der Waals surface area contributed by atoms with E-state index in [2.05, 4.69) is 14.9 Å². The number of halogens is 1. The third kappa shape index (κ3) is 1.62. The molecule has 1 heterocycles. The number of carbonyl (C=O) groups is 1. The van der Waals surface area contributed by atoms with Gasteiger partial charge < -0.3 is 9.84 Å². The molecule has 0 bridgehead atoms. The van der Waals surface area contributed by atoms with Gasteiger partial charge in [-0.3, -0.25) is 0 Å². The van der Waals surface area contributed by atoms with Crippen molar-refractivity contribution in [3.05, 3.63) is 16.8 Å². The molecule has 0 saturated heterocycles. The molecule has 0 unspecified atom stereocenters. The zero-order valence-corrected chi connectivity index (χ0v) is 6.87. The van der Waals surface area contributed by atoms with Crippen molar-refractivity contribution < 1.29 is 14.6 Å². The van der Waals surface area contributed by atoms with Gasteiger partial charge in [-0.05, 0) is 0 Å². The molecule has 1 aromatic heterocycles. The van der Waals surface area contributed by atoms with Crippen molar-refractivity contribution in [2.24, 2.45) is 0 Å². The molecule has 0 aliphatic heterocycles. The van der Waals surface area contributed by atoms with E-state index in [0.29, 0.717) is 0 Å². The summed E-state index contributed by atoms with van der Waals surface area (Å²) in [4.78, 5) is 10.9. The Kier molecular flexibility index (Phi) is 2.44. The summed E-state index contributed by atoms with van der Waals surface area (Å²) < 4.78 is 4.37. The number of carbonyl (C=O) groups excluding carboxylic acids is 1. The number of hydrogen-bond donors (Lipinski definition) is 1. The molecule has 0 aliphatic carbocycles. The highest BCUT2D eigenvalue weighted by Crippen LogP contribution is 2.15. The lowest BCUT2D eigenvalue weighted by molar-refractivity contribution is 0.0599. The smallest absolute Gasteiger partial charge is 0.341 e. The molecule has 0 spiro atoms. The summed E-state index contributed by atoms with van der Waals surface area (Å²) in [6, 6.07) is 1.08. The van der Waals surface area contributed by atoms with Crippen LogP contribution in [-0.4, -0.2) is 28.4 Å². The van der Waals surface area contributed by atoms with Crippen molar-refractivity contribution in [2.75, 3.05) is 7.11 Å². The normalized spacial score (nSPS) is 9.50. The quantitative estimate of drug-likeness (QED) is 0.655. The van der Waals surface area contributed by atoms with Crippen molar-refractivity contribution in [1.29, 1.82) is 0 Å². The number of methoxy groups -OCH3 is 1. The van der Waals surface area contributed by atoms with Crippen LogP contribution in [0.15, 0.2) is 6.07 Å². The Balaban J connectivity index is 3.13. The van der Waals surface area contributed by atoms with Gasteiger partial charge in [0.1, 0.15) is 5.56 Å². The maximum absolute atomic E-state index is 10.9. The standard InChI is InChI=1S/C6H5ClN2O3/c1-12-6(11)3-2-4(10)8-9-5(3)7/h2H,1H3,(H,8,10). The summed E-state index contributed by atoms with van der Waals surface area (Å²) in [5, 5.41) is 15.3. The Bertz CT molecular complexity index is 316. The molecule has 5 nitrogen and oxygen atoms in total. The summed E-state index contributed by atoms with van der Waals surface area (Å²) in [6.45, 7) is 0. The number of nitrogens with zero attached hydrogens (tertiary/aromatic N) is 2. The van der Waals surface area contributed by atoms with Crippen LogP contribution < -0.4 is 0 Å². The largest absolute Gasteiger partial charge is 0.492 e. The Morgan fingerprint density at radius 2 is 2.33 bits per heavy atom. The van der Waals surface area contributed by atoms with E-state index in [1.807, 2.05) is 0 Å². The minimum absolute atomic E-state index is 0.00772. The lowest BCUT2D eigenvalue weighted by Crippen LogP contribution is -2.03. The highest BCUT2D eigenvalue weighted by molar-refractivity contribution is 6.32. The summed E-state index contributed by atoms with van der Waals surface area (Å²) in [6.07, 6.45) is 0. The van der Waals surface area contributed by atoms with Crippen LogP contribution in [0.25, 0.3) is 0 Å². The molecule has 0 amide bonds. The fraction of sp³-hybridized carbons (Fsp3) is 0.167. The van der Waals surface area contributed by atoms with Crippen molar-refractivity contribution >= 4 is 17.6 Å². The zero-order valence-electron chi connectivity index (χ0n) is 6.11. The Morgan fingerprint density at radius 3 is 2.92 bits per heavy atom. The summed E-state index contributed by atoms with van der Waals surface area (Å²) in [7, 11) is 1.20. The van der Waals surface area contributed by atoms with Gasteiger partial charge in [0.25, 0.3) is 0 Å². The van der Waals surface area contributed by atoms with Crippen molar-refractivity contribution in [3.63, 3.8) is 0 Å². The van der Waals surface area contributed by atoms with Crippen LogP contribution in [0.2, 0.25) is 5.15 Å². The highest BCUT2D eigenvalue weighted by atomic mass is 35.5. The average Bonchev–Trinajstić information content (AvgIpc) is 2.08. The van der Waals surface area contributed by atoms with Gasteiger partial charge in [-0.2, -0.15) is 0 Å². The van der Waals surface area contributed by atoms with Gasteiger partial charge >= 0.3 is 5.97 Å². The summed E-state index contributed by atoms with van der Waals surface area (Å²) >= 11 is 5.48. The molecular formula is C6H5ClN2O3. The molecule has 6 heteroatoms. The number of ether oxygens (including phenoxy) is 1. The maximum Gasteiger partial charge on any atom is 0.341 e. The first-order valence-corrected chi connectivity index (χ1v) is 3.33. The van der Waals surface area contributed by atoms with Crippen molar-refractivity contribution in [1.82, 2.24) is 10.2 Å². The Morgan fingerprint density at radius 1 is 1.67 bits per heavy atom. The molecule has 64 valence electrons. The predicted octanol–water partition coefficient (Wildman–Crippen LogP) is 0.622. The molecule has 12 heavy (non-hydrogen) atoms. The van der Waals surface area contributed by atoms with Crippen LogP contribution in [0.5, 0.6) is 5.88 Å². The van der Waals surface area contributed by atoms with Gasteiger partial charge in [0.2, 0.25) is 5.88 Å². The molecule has 1 aromatic rings. The molecule has 0 fully saturated rings. The first kappa shape index (κ1) is 8.73. The Hall–Kier alpha value is -1.36. The van der Waals surface area contributed by atoms with E-state index in [1.54, 1.807) is 0 Å². The maximum atomic E-state index is 10.9. The first-order chi connectivity index (χ1) is 5.65. The first-order valence-electron chi connectivity index (χ1n) is 2.95. The van der Waals surface area contributed by atoms with E-state index in [4.69, 9.17) is 16.7 Å². The second-order valence-corrected chi connectivity index (χ2v) is 2.26. The summed E-state index contributed by atoms with van der Waals surface area (Å²) in [5.74, 6) is -1.04. The fourth-order valence-corrected chi connectivity index (χ4v) is 0.789. The van der Waals surface area contributed by atoms with Crippen LogP contribution in [0.4, 0.5) is 0 Å². The van der Waals surface area contributed by atoms with E-state index >= 15 is 0 Å². The molecule has 0 atom stereocenters. The predicted molar refractivity (Wildman–Crippen MR) is 40.0 cm³/mol. The van der Waals surface area contributed by atoms with Crippen LogP contribution >= 0.6 is 11.6 Å². The lowest BCUT2D eigenvalue weighted by atomic mass is 10.3.